The molecule has 1 atom stereocenters. The standard InChI is InChI=1S/C21H34N4O2.HI/c1-22-21(23-10-13-27-16-17-8-9-17)24-15-20(25-11-3-4-12-25)18-6-5-7-19(14-18)26-2;/h5-7,14,17,20H,3-4,8-13,15-16H2,1-2H3,(H2,22,23,24);1H. The van der Waals surface area contributed by atoms with Crippen molar-refractivity contribution in [2.24, 2.45) is 10.9 Å². The van der Waals surface area contributed by atoms with Gasteiger partial charge in [0.15, 0.2) is 5.96 Å². The number of ether oxygens (including phenoxy) is 2. The van der Waals surface area contributed by atoms with Crippen LogP contribution >= 0.6 is 24.0 Å². The van der Waals surface area contributed by atoms with Crippen LogP contribution in [0.25, 0.3) is 0 Å². The topological polar surface area (TPSA) is 58.1 Å². The number of rotatable bonds is 10. The predicted octanol–water partition coefficient (Wildman–Crippen LogP) is 3.04. The molecule has 6 nitrogen and oxygen atoms in total. The number of guanidine groups is 1. The molecule has 1 saturated carbocycles. The summed E-state index contributed by atoms with van der Waals surface area (Å²) >= 11 is 0. The number of hydrogen-bond acceptors (Lipinski definition) is 4. The molecule has 0 spiro atoms. The molecular weight excluding hydrogens is 467 g/mol. The highest BCUT2D eigenvalue weighted by molar-refractivity contribution is 14.0. The van der Waals surface area contributed by atoms with Crippen molar-refractivity contribution >= 4 is 29.9 Å². The molecular formula is C21H35IN4O2. The first-order valence-electron chi connectivity index (χ1n) is 10.2. The lowest BCUT2D eigenvalue weighted by atomic mass is 10.1. The van der Waals surface area contributed by atoms with Gasteiger partial charge in [0.05, 0.1) is 19.8 Å². The molecule has 28 heavy (non-hydrogen) atoms. The Bertz CT molecular complexity index is 604. The minimum atomic E-state index is 0. The van der Waals surface area contributed by atoms with Crippen molar-refractivity contribution in [1.29, 1.82) is 0 Å². The average molecular weight is 502 g/mol. The number of likely N-dealkylation sites (tertiary alicyclic amines) is 1. The lowest BCUT2D eigenvalue weighted by Crippen LogP contribution is -2.43. The summed E-state index contributed by atoms with van der Waals surface area (Å²) in [5, 5.41) is 6.85. The van der Waals surface area contributed by atoms with E-state index >= 15 is 0 Å². The monoisotopic (exact) mass is 502 g/mol. The van der Waals surface area contributed by atoms with Gasteiger partial charge >= 0.3 is 0 Å². The third kappa shape index (κ3) is 7.40. The van der Waals surface area contributed by atoms with Gasteiger partial charge in [-0.25, -0.2) is 0 Å². The van der Waals surface area contributed by atoms with Gasteiger partial charge in [0.25, 0.3) is 0 Å². The first kappa shape index (κ1) is 23.2. The van der Waals surface area contributed by atoms with Crippen molar-refractivity contribution in [1.82, 2.24) is 15.5 Å². The van der Waals surface area contributed by atoms with Crippen molar-refractivity contribution in [2.45, 2.75) is 31.7 Å². The lowest BCUT2D eigenvalue weighted by Gasteiger charge is -2.29. The maximum atomic E-state index is 5.69. The summed E-state index contributed by atoms with van der Waals surface area (Å²) in [4.78, 5) is 6.90. The summed E-state index contributed by atoms with van der Waals surface area (Å²) in [6.45, 7) is 5.51. The van der Waals surface area contributed by atoms with Crippen LogP contribution in [-0.4, -0.2) is 64.4 Å². The van der Waals surface area contributed by atoms with E-state index in [1.807, 2.05) is 13.1 Å². The summed E-state index contributed by atoms with van der Waals surface area (Å²) < 4.78 is 11.1. The van der Waals surface area contributed by atoms with Crippen LogP contribution in [0.5, 0.6) is 5.75 Å². The summed E-state index contributed by atoms with van der Waals surface area (Å²) in [5.74, 6) is 2.55. The second-order valence-corrected chi connectivity index (χ2v) is 7.43. The first-order chi connectivity index (χ1) is 13.3. The van der Waals surface area contributed by atoms with E-state index in [1.165, 1.54) is 31.2 Å². The number of nitrogens with one attached hydrogen (secondary N) is 2. The summed E-state index contributed by atoms with van der Waals surface area (Å²) in [5.41, 5.74) is 1.28. The molecule has 1 heterocycles. The zero-order chi connectivity index (χ0) is 18.9. The van der Waals surface area contributed by atoms with E-state index in [9.17, 15) is 0 Å². The Morgan fingerprint density at radius 3 is 2.71 bits per heavy atom. The molecule has 1 aliphatic heterocycles. The second kappa shape index (κ2) is 12.5. The second-order valence-electron chi connectivity index (χ2n) is 7.43. The van der Waals surface area contributed by atoms with Crippen LogP contribution in [-0.2, 0) is 4.74 Å². The van der Waals surface area contributed by atoms with Crippen LogP contribution < -0.4 is 15.4 Å². The molecule has 1 saturated heterocycles. The van der Waals surface area contributed by atoms with Crippen molar-refractivity contribution in [3.8, 4) is 5.75 Å². The molecule has 1 aliphatic carbocycles. The van der Waals surface area contributed by atoms with Crippen molar-refractivity contribution < 1.29 is 9.47 Å². The number of methoxy groups -OCH3 is 1. The molecule has 2 N–H and O–H groups in total. The molecule has 0 bridgehead atoms. The van der Waals surface area contributed by atoms with Crippen LogP contribution in [0.2, 0.25) is 0 Å². The van der Waals surface area contributed by atoms with E-state index in [0.717, 1.165) is 57.0 Å². The van der Waals surface area contributed by atoms with Crippen molar-refractivity contribution in [2.75, 3.05) is 53.6 Å². The largest absolute Gasteiger partial charge is 0.497 e. The molecule has 158 valence electrons. The molecule has 7 heteroatoms. The minimum Gasteiger partial charge on any atom is -0.497 e. The molecule has 0 amide bonds. The first-order valence-corrected chi connectivity index (χ1v) is 10.2. The zero-order valence-electron chi connectivity index (χ0n) is 17.2. The molecule has 1 unspecified atom stereocenters. The molecule has 2 aliphatic rings. The normalized spacial score (nSPS) is 18.4. The lowest BCUT2D eigenvalue weighted by molar-refractivity contribution is 0.129. The van der Waals surface area contributed by atoms with Gasteiger partial charge in [-0.2, -0.15) is 0 Å². The fourth-order valence-corrected chi connectivity index (χ4v) is 3.55. The minimum absolute atomic E-state index is 0. The Labute approximate surface area is 186 Å². The Morgan fingerprint density at radius 2 is 2.04 bits per heavy atom. The number of aliphatic imine (C=N–C) groups is 1. The van der Waals surface area contributed by atoms with Crippen LogP contribution in [0, 0.1) is 5.92 Å². The zero-order valence-corrected chi connectivity index (χ0v) is 19.5. The van der Waals surface area contributed by atoms with Crippen LogP contribution in [0.3, 0.4) is 0 Å². The van der Waals surface area contributed by atoms with Gasteiger partial charge in [0, 0.05) is 26.7 Å². The summed E-state index contributed by atoms with van der Waals surface area (Å²) in [6, 6.07) is 8.72. The van der Waals surface area contributed by atoms with Gasteiger partial charge in [0.2, 0.25) is 0 Å². The Hall–Kier alpha value is -1.06. The fourth-order valence-electron chi connectivity index (χ4n) is 3.55. The molecule has 3 rings (SSSR count). The molecule has 0 aromatic heterocycles. The molecule has 1 aromatic rings. The van der Waals surface area contributed by atoms with Crippen LogP contribution in [0.15, 0.2) is 29.3 Å². The Morgan fingerprint density at radius 1 is 1.25 bits per heavy atom. The number of benzene rings is 1. The Balaban J connectivity index is 0.00000280. The number of hydrogen-bond donors (Lipinski definition) is 2. The van der Waals surface area contributed by atoms with Gasteiger partial charge in [-0.05, 0) is 62.4 Å². The molecule has 0 radical (unpaired) electrons. The quantitative estimate of drug-likeness (QED) is 0.223. The van der Waals surface area contributed by atoms with Gasteiger partial charge in [-0.15, -0.1) is 24.0 Å². The molecule has 1 aromatic carbocycles. The third-order valence-corrected chi connectivity index (χ3v) is 5.34. The highest BCUT2D eigenvalue weighted by atomic mass is 127. The fraction of sp³-hybridized carbons (Fsp3) is 0.667. The predicted molar refractivity (Wildman–Crippen MR) is 125 cm³/mol. The maximum Gasteiger partial charge on any atom is 0.191 e. The summed E-state index contributed by atoms with van der Waals surface area (Å²) in [7, 11) is 3.54. The smallest absolute Gasteiger partial charge is 0.191 e. The van der Waals surface area contributed by atoms with Gasteiger partial charge in [0.1, 0.15) is 5.75 Å². The van der Waals surface area contributed by atoms with Crippen LogP contribution in [0.4, 0.5) is 0 Å². The van der Waals surface area contributed by atoms with Crippen molar-refractivity contribution in [3.05, 3.63) is 29.8 Å². The van der Waals surface area contributed by atoms with E-state index in [4.69, 9.17) is 9.47 Å². The number of nitrogens with zero attached hydrogens (tertiary/aromatic N) is 2. The van der Waals surface area contributed by atoms with E-state index in [-0.39, 0.29) is 24.0 Å². The summed E-state index contributed by atoms with van der Waals surface area (Å²) in [6.07, 6.45) is 5.20. The Kier molecular flexibility index (Phi) is 10.4. The maximum absolute atomic E-state index is 5.69. The van der Waals surface area contributed by atoms with Crippen molar-refractivity contribution in [3.63, 3.8) is 0 Å². The van der Waals surface area contributed by atoms with E-state index in [1.54, 1.807) is 7.11 Å². The SMILES string of the molecule is CN=C(NCCOCC1CC1)NCC(c1cccc(OC)c1)N1CCCC1.I. The van der Waals surface area contributed by atoms with E-state index < -0.39 is 0 Å². The number of halogens is 1. The van der Waals surface area contributed by atoms with Crippen LogP contribution in [0.1, 0.15) is 37.3 Å². The van der Waals surface area contributed by atoms with Gasteiger partial charge in [-0.1, -0.05) is 12.1 Å². The highest BCUT2D eigenvalue weighted by Crippen LogP contribution is 2.28. The third-order valence-electron chi connectivity index (χ3n) is 5.34. The average Bonchev–Trinajstić information content (AvgIpc) is 3.38. The van der Waals surface area contributed by atoms with Gasteiger partial charge < -0.3 is 20.1 Å². The van der Waals surface area contributed by atoms with E-state index in [0.29, 0.717) is 6.04 Å². The van der Waals surface area contributed by atoms with E-state index in [2.05, 4.69) is 38.7 Å². The highest BCUT2D eigenvalue weighted by Gasteiger charge is 2.24. The molecule has 2 fully saturated rings. The van der Waals surface area contributed by atoms with Gasteiger partial charge in [-0.3, -0.25) is 9.89 Å².